The average Bonchev–Trinajstić information content (AvgIpc) is 3.47. The molecule has 218 valence electrons. The molecule has 10 nitrogen and oxygen atoms in total. The van der Waals surface area contributed by atoms with Gasteiger partial charge in [0.15, 0.2) is 16.7 Å². The number of anilines is 1. The Morgan fingerprint density at radius 3 is 2.43 bits per heavy atom. The van der Waals surface area contributed by atoms with Gasteiger partial charge in [0, 0.05) is 31.3 Å². The predicted octanol–water partition coefficient (Wildman–Crippen LogP) is 4.52. The highest BCUT2D eigenvalue weighted by molar-refractivity contribution is 7.99. The van der Waals surface area contributed by atoms with E-state index in [4.69, 9.17) is 19.2 Å². The molecule has 0 bridgehead atoms. The standard InChI is InChI=1S/C31H32N4O6S/c1-3-20-6-10-22(11-7-20)33-29(37)18-42-31-34-25-16-27-26(40-19-41-27)15-24(25)30(38)35(31)14-4-5-28(36)32-17-21-8-12-23(39-2)13-9-21/h6-13,15-16H,3-5,14,17-19H2,1-2H3,(H,32,36)(H,33,37). The Kier molecular flexibility index (Phi) is 9.28. The predicted molar refractivity (Wildman–Crippen MR) is 161 cm³/mol. The van der Waals surface area contributed by atoms with Crippen LogP contribution in [0, 0.1) is 0 Å². The first kappa shape index (κ1) is 29.0. The number of carbonyl (C=O) groups excluding carboxylic acids is 2. The third-order valence-corrected chi connectivity index (χ3v) is 7.80. The molecule has 2 amide bonds. The van der Waals surface area contributed by atoms with E-state index in [1.54, 1.807) is 19.2 Å². The zero-order valence-electron chi connectivity index (χ0n) is 23.5. The van der Waals surface area contributed by atoms with E-state index in [2.05, 4.69) is 17.6 Å². The Labute approximate surface area is 247 Å². The number of thioether (sulfide) groups is 1. The van der Waals surface area contributed by atoms with Gasteiger partial charge >= 0.3 is 0 Å². The van der Waals surface area contributed by atoms with Crippen LogP contribution in [0.4, 0.5) is 5.69 Å². The van der Waals surface area contributed by atoms with Gasteiger partial charge in [-0.3, -0.25) is 19.0 Å². The lowest BCUT2D eigenvalue weighted by atomic mass is 10.1. The molecule has 0 unspecified atom stereocenters. The van der Waals surface area contributed by atoms with Gasteiger partial charge in [0.2, 0.25) is 18.6 Å². The fraction of sp³-hybridized carbons (Fsp3) is 0.290. The number of amides is 2. The number of carbonyl (C=O) groups is 2. The van der Waals surface area contributed by atoms with Crippen molar-refractivity contribution in [3.63, 3.8) is 0 Å². The highest BCUT2D eigenvalue weighted by atomic mass is 32.2. The molecule has 2 heterocycles. The molecule has 1 aromatic heterocycles. The number of nitrogens with zero attached hydrogens (tertiary/aromatic N) is 2. The second kappa shape index (κ2) is 13.4. The van der Waals surface area contributed by atoms with Crippen molar-refractivity contribution in [1.29, 1.82) is 0 Å². The van der Waals surface area contributed by atoms with Crippen molar-refractivity contribution in [3.8, 4) is 17.2 Å². The van der Waals surface area contributed by atoms with Crippen LogP contribution in [0.5, 0.6) is 17.2 Å². The quantitative estimate of drug-likeness (QED) is 0.183. The topological polar surface area (TPSA) is 121 Å². The molecule has 0 aliphatic carbocycles. The van der Waals surface area contributed by atoms with Crippen molar-refractivity contribution in [3.05, 3.63) is 82.1 Å². The zero-order valence-corrected chi connectivity index (χ0v) is 24.3. The van der Waals surface area contributed by atoms with E-state index in [9.17, 15) is 14.4 Å². The second-order valence-corrected chi connectivity index (χ2v) is 10.6. The van der Waals surface area contributed by atoms with Crippen molar-refractivity contribution in [1.82, 2.24) is 14.9 Å². The Morgan fingerprint density at radius 2 is 1.71 bits per heavy atom. The number of methoxy groups -OCH3 is 1. The van der Waals surface area contributed by atoms with Crippen LogP contribution in [-0.4, -0.2) is 41.0 Å². The van der Waals surface area contributed by atoms with Crippen molar-refractivity contribution < 1.29 is 23.8 Å². The van der Waals surface area contributed by atoms with E-state index in [-0.39, 0.29) is 42.9 Å². The number of fused-ring (bicyclic) bond motifs is 2. The molecule has 3 aromatic carbocycles. The van der Waals surface area contributed by atoms with Gasteiger partial charge in [-0.25, -0.2) is 4.98 Å². The van der Waals surface area contributed by atoms with E-state index in [0.717, 1.165) is 17.7 Å². The summed E-state index contributed by atoms with van der Waals surface area (Å²) in [7, 11) is 1.60. The molecule has 0 saturated heterocycles. The molecule has 1 aliphatic rings. The monoisotopic (exact) mass is 588 g/mol. The maximum Gasteiger partial charge on any atom is 0.262 e. The summed E-state index contributed by atoms with van der Waals surface area (Å²) in [5.41, 5.74) is 3.03. The van der Waals surface area contributed by atoms with Gasteiger partial charge in [-0.05, 0) is 54.3 Å². The molecule has 0 spiro atoms. The van der Waals surface area contributed by atoms with Crippen LogP contribution in [0.1, 0.15) is 30.9 Å². The van der Waals surface area contributed by atoms with Crippen LogP contribution in [-0.2, 0) is 29.1 Å². The van der Waals surface area contributed by atoms with Crippen LogP contribution in [0.15, 0.2) is 70.6 Å². The summed E-state index contributed by atoms with van der Waals surface area (Å²) in [5, 5.41) is 6.57. The minimum absolute atomic E-state index is 0.0559. The van der Waals surface area contributed by atoms with Gasteiger partial charge in [-0.1, -0.05) is 43.0 Å². The van der Waals surface area contributed by atoms with E-state index in [1.807, 2.05) is 48.5 Å². The normalized spacial score (nSPS) is 11.9. The first-order valence-electron chi connectivity index (χ1n) is 13.7. The summed E-state index contributed by atoms with van der Waals surface area (Å²) in [6.45, 7) is 2.80. The molecule has 5 rings (SSSR count). The lowest BCUT2D eigenvalue weighted by Crippen LogP contribution is -2.26. The largest absolute Gasteiger partial charge is 0.497 e. The van der Waals surface area contributed by atoms with Gasteiger partial charge in [-0.15, -0.1) is 0 Å². The number of hydrogen-bond acceptors (Lipinski definition) is 8. The summed E-state index contributed by atoms with van der Waals surface area (Å²) in [4.78, 5) is 43.6. The molecule has 0 saturated carbocycles. The maximum atomic E-state index is 13.6. The Balaban J connectivity index is 1.27. The molecule has 1 aliphatic heterocycles. The van der Waals surface area contributed by atoms with Crippen LogP contribution in [0.25, 0.3) is 10.9 Å². The number of nitrogens with one attached hydrogen (secondary N) is 2. The van der Waals surface area contributed by atoms with E-state index >= 15 is 0 Å². The Hall–Kier alpha value is -4.51. The summed E-state index contributed by atoms with van der Waals surface area (Å²) < 4.78 is 17.6. The number of aryl methyl sites for hydroxylation is 1. The number of benzene rings is 3. The van der Waals surface area contributed by atoms with Gasteiger partial charge in [0.25, 0.3) is 5.56 Å². The molecule has 2 N–H and O–H groups in total. The number of ether oxygens (including phenoxy) is 3. The summed E-state index contributed by atoms with van der Waals surface area (Å²) in [6, 6.07) is 18.5. The highest BCUT2D eigenvalue weighted by Crippen LogP contribution is 2.35. The van der Waals surface area contributed by atoms with Gasteiger partial charge in [0.05, 0.1) is 23.8 Å². The smallest absolute Gasteiger partial charge is 0.262 e. The fourth-order valence-electron chi connectivity index (χ4n) is 4.48. The van der Waals surface area contributed by atoms with Crippen molar-refractivity contribution in [2.24, 2.45) is 0 Å². The summed E-state index contributed by atoms with van der Waals surface area (Å²) in [5.74, 6) is 1.47. The van der Waals surface area contributed by atoms with Crippen molar-refractivity contribution in [2.75, 3.05) is 25.0 Å². The van der Waals surface area contributed by atoms with Gasteiger partial charge < -0.3 is 24.8 Å². The first-order chi connectivity index (χ1) is 20.4. The minimum Gasteiger partial charge on any atom is -0.497 e. The summed E-state index contributed by atoms with van der Waals surface area (Å²) >= 11 is 1.17. The third-order valence-electron chi connectivity index (χ3n) is 6.83. The number of hydrogen-bond donors (Lipinski definition) is 2. The van der Waals surface area contributed by atoms with Gasteiger partial charge in [-0.2, -0.15) is 0 Å². The van der Waals surface area contributed by atoms with E-state index in [0.29, 0.717) is 46.2 Å². The lowest BCUT2D eigenvalue weighted by molar-refractivity contribution is -0.121. The lowest BCUT2D eigenvalue weighted by Gasteiger charge is -2.14. The van der Waals surface area contributed by atoms with Gasteiger partial charge in [0.1, 0.15) is 5.75 Å². The Bertz CT molecular complexity index is 1640. The van der Waals surface area contributed by atoms with Crippen molar-refractivity contribution >= 4 is 40.2 Å². The molecule has 4 aromatic rings. The molecule has 0 atom stereocenters. The number of rotatable bonds is 12. The SMILES string of the molecule is CCc1ccc(NC(=O)CSc2nc3cc4c(cc3c(=O)n2CCCC(=O)NCc2ccc(OC)cc2)OCO4)cc1. The summed E-state index contributed by atoms with van der Waals surface area (Å²) in [6.07, 6.45) is 1.55. The number of aromatic nitrogens is 2. The molecular weight excluding hydrogens is 556 g/mol. The van der Waals surface area contributed by atoms with Crippen LogP contribution in [0.2, 0.25) is 0 Å². The van der Waals surface area contributed by atoms with Crippen molar-refractivity contribution in [2.45, 2.75) is 44.4 Å². The fourth-order valence-corrected chi connectivity index (χ4v) is 5.30. The molecule has 42 heavy (non-hydrogen) atoms. The van der Waals surface area contributed by atoms with Crippen LogP contribution >= 0.6 is 11.8 Å². The molecule has 11 heteroatoms. The van der Waals surface area contributed by atoms with E-state index < -0.39 is 0 Å². The maximum absolute atomic E-state index is 13.6. The molecular formula is C31H32N4O6S. The van der Waals surface area contributed by atoms with Crippen LogP contribution < -0.4 is 30.4 Å². The zero-order chi connectivity index (χ0) is 29.5. The third kappa shape index (κ3) is 7.03. The highest BCUT2D eigenvalue weighted by Gasteiger charge is 2.20. The Morgan fingerprint density at radius 1 is 1.00 bits per heavy atom. The molecule has 0 radical (unpaired) electrons. The first-order valence-corrected chi connectivity index (χ1v) is 14.7. The average molecular weight is 589 g/mol. The van der Waals surface area contributed by atoms with Crippen LogP contribution in [0.3, 0.4) is 0 Å². The van der Waals surface area contributed by atoms with E-state index in [1.165, 1.54) is 21.9 Å². The second-order valence-electron chi connectivity index (χ2n) is 9.69. The minimum atomic E-state index is -0.269. The molecule has 0 fully saturated rings.